The van der Waals surface area contributed by atoms with Crippen molar-refractivity contribution in [2.45, 2.75) is 27.2 Å². The average molecular weight is 228 g/mol. The number of fused-ring (bicyclic) bond motifs is 1. The van der Waals surface area contributed by atoms with Crippen LogP contribution in [0, 0.1) is 12.8 Å². The van der Waals surface area contributed by atoms with Crippen molar-refractivity contribution < 1.29 is 4.74 Å². The van der Waals surface area contributed by atoms with Crippen molar-refractivity contribution in [1.82, 2.24) is 0 Å². The maximum Gasteiger partial charge on any atom is 0.127 e. The molecule has 0 aliphatic carbocycles. The molecule has 17 heavy (non-hydrogen) atoms. The minimum absolute atomic E-state index is 0.687. The second kappa shape index (κ2) is 5.22. The molecule has 0 fully saturated rings. The highest BCUT2D eigenvalue weighted by Crippen LogP contribution is 2.28. The maximum atomic E-state index is 5.89. The van der Waals surface area contributed by atoms with Crippen LogP contribution in [0.25, 0.3) is 10.8 Å². The summed E-state index contributed by atoms with van der Waals surface area (Å²) < 4.78 is 5.89. The second-order valence-electron chi connectivity index (χ2n) is 4.96. The van der Waals surface area contributed by atoms with Gasteiger partial charge in [-0.25, -0.2) is 0 Å². The molecule has 1 nitrogen and oxygen atoms in total. The lowest BCUT2D eigenvalue weighted by atomic mass is 10.0. The van der Waals surface area contributed by atoms with E-state index < -0.39 is 0 Å². The van der Waals surface area contributed by atoms with E-state index in [1.165, 1.54) is 16.3 Å². The Balaban J connectivity index is 2.26. The molecule has 0 aliphatic heterocycles. The highest BCUT2D eigenvalue weighted by atomic mass is 16.5. The minimum atomic E-state index is 0.687. The van der Waals surface area contributed by atoms with E-state index >= 15 is 0 Å². The van der Waals surface area contributed by atoms with E-state index in [4.69, 9.17) is 4.74 Å². The van der Waals surface area contributed by atoms with E-state index in [9.17, 15) is 0 Å². The van der Waals surface area contributed by atoms with E-state index in [2.05, 4.69) is 57.2 Å². The van der Waals surface area contributed by atoms with Crippen LogP contribution in [0.4, 0.5) is 0 Å². The molecule has 0 heterocycles. The number of ether oxygens (including phenoxy) is 1. The molecule has 0 atom stereocenters. The third kappa shape index (κ3) is 2.79. The van der Waals surface area contributed by atoms with Gasteiger partial charge in [0.15, 0.2) is 0 Å². The zero-order valence-electron chi connectivity index (χ0n) is 10.9. The monoisotopic (exact) mass is 228 g/mol. The van der Waals surface area contributed by atoms with Gasteiger partial charge >= 0.3 is 0 Å². The summed E-state index contributed by atoms with van der Waals surface area (Å²) in [5.41, 5.74) is 1.30. The van der Waals surface area contributed by atoms with Gasteiger partial charge in [0.2, 0.25) is 0 Å². The topological polar surface area (TPSA) is 9.23 Å². The van der Waals surface area contributed by atoms with Gasteiger partial charge in [0, 0.05) is 5.39 Å². The second-order valence-corrected chi connectivity index (χ2v) is 4.96. The number of benzene rings is 2. The Morgan fingerprint density at radius 3 is 2.41 bits per heavy atom. The Hall–Kier alpha value is -1.50. The number of hydrogen-bond donors (Lipinski definition) is 0. The molecule has 90 valence electrons. The van der Waals surface area contributed by atoms with Gasteiger partial charge in [0.05, 0.1) is 6.61 Å². The normalized spacial score (nSPS) is 11.1. The Bertz CT molecular complexity index is 500. The van der Waals surface area contributed by atoms with Gasteiger partial charge in [-0.2, -0.15) is 0 Å². The van der Waals surface area contributed by atoms with Crippen LogP contribution < -0.4 is 4.74 Å². The van der Waals surface area contributed by atoms with Gasteiger partial charge in [0.1, 0.15) is 5.75 Å². The largest absolute Gasteiger partial charge is 0.493 e. The van der Waals surface area contributed by atoms with Crippen molar-refractivity contribution in [3.05, 3.63) is 42.0 Å². The van der Waals surface area contributed by atoms with Crippen LogP contribution in [0.3, 0.4) is 0 Å². The van der Waals surface area contributed by atoms with Gasteiger partial charge in [-0.05, 0) is 36.3 Å². The first-order valence-corrected chi connectivity index (χ1v) is 6.29. The fourth-order valence-corrected chi connectivity index (χ4v) is 1.95. The van der Waals surface area contributed by atoms with Gasteiger partial charge in [-0.15, -0.1) is 0 Å². The number of rotatable bonds is 4. The molecule has 0 radical (unpaired) electrons. The standard InChI is InChI=1S/C16H20O/c1-12(2)10-11-17-16-9-8-13(3)14-6-4-5-7-15(14)16/h4-9,12H,10-11H2,1-3H3. The number of aryl methyl sites for hydroxylation is 1. The molecule has 2 rings (SSSR count). The molecule has 0 saturated heterocycles. The predicted molar refractivity (Wildman–Crippen MR) is 73.6 cm³/mol. The molecule has 0 aromatic heterocycles. The van der Waals surface area contributed by atoms with Crippen molar-refractivity contribution in [3.8, 4) is 5.75 Å². The van der Waals surface area contributed by atoms with Gasteiger partial charge in [-0.1, -0.05) is 44.2 Å². The van der Waals surface area contributed by atoms with Crippen molar-refractivity contribution in [3.63, 3.8) is 0 Å². The van der Waals surface area contributed by atoms with Crippen molar-refractivity contribution >= 4 is 10.8 Å². The summed E-state index contributed by atoms with van der Waals surface area (Å²) in [6, 6.07) is 12.6. The van der Waals surface area contributed by atoms with Crippen LogP contribution in [-0.2, 0) is 0 Å². The molecule has 0 aliphatic rings. The average Bonchev–Trinajstić information content (AvgIpc) is 2.32. The Kier molecular flexibility index (Phi) is 3.68. The van der Waals surface area contributed by atoms with Gasteiger partial charge < -0.3 is 4.74 Å². The molecule has 0 bridgehead atoms. The van der Waals surface area contributed by atoms with Crippen LogP contribution in [0.15, 0.2) is 36.4 Å². The van der Waals surface area contributed by atoms with Gasteiger partial charge in [-0.3, -0.25) is 0 Å². The molecular weight excluding hydrogens is 208 g/mol. The SMILES string of the molecule is Cc1ccc(OCCC(C)C)c2ccccc12. The van der Waals surface area contributed by atoms with Crippen molar-refractivity contribution in [2.75, 3.05) is 6.61 Å². The summed E-state index contributed by atoms with van der Waals surface area (Å²) in [6.07, 6.45) is 1.10. The molecule has 0 N–H and O–H groups in total. The van der Waals surface area contributed by atoms with Crippen molar-refractivity contribution in [1.29, 1.82) is 0 Å². The molecule has 0 saturated carbocycles. The van der Waals surface area contributed by atoms with E-state index in [-0.39, 0.29) is 0 Å². The summed E-state index contributed by atoms with van der Waals surface area (Å²) in [4.78, 5) is 0. The third-order valence-electron chi connectivity index (χ3n) is 3.05. The van der Waals surface area contributed by atoms with Crippen LogP contribution in [-0.4, -0.2) is 6.61 Å². The first kappa shape index (κ1) is 12.0. The minimum Gasteiger partial charge on any atom is -0.493 e. The van der Waals surface area contributed by atoms with E-state index in [1.807, 2.05) is 0 Å². The molecule has 0 unspecified atom stereocenters. The van der Waals surface area contributed by atoms with Crippen LogP contribution in [0.5, 0.6) is 5.75 Å². The molecular formula is C16H20O. The summed E-state index contributed by atoms with van der Waals surface area (Å²) >= 11 is 0. The third-order valence-corrected chi connectivity index (χ3v) is 3.05. The lowest BCUT2D eigenvalue weighted by Crippen LogP contribution is -2.01. The van der Waals surface area contributed by atoms with Crippen LogP contribution >= 0.6 is 0 Å². The smallest absolute Gasteiger partial charge is 0.127 e. The summed E-state index contributed by atoms with van der Waals surface area (Å²) in [5, 5.41) is 2.51. The predicted octanol–water partition coefficient (Wildman–Crippen LogP) is 4.57. The zero-order valence-corrected chi connectivity index (χ0v) is 10.9. The summed E-state index contributed by atoms with van der Waals surface area (Å²) in [5.74, 6) is 1.69. The maximum absolute atomic E-state index is 5.89. The Morgan fingerprint density at radius 2 is 1.71 bits per heavy atom. The lowest BCUT2D eigenvalue weighted by Gasteiger charge is -2.11. The van der Waals surface area contributed by atoms with Gasteiger partial charge in [0.25, 0.3) is 0 Å². The molecule has 2 aromatic rings. The summed E-state index contributed by atoms with van der Waals surface area (Å²) in [6.45, 7) is 7.37. The van der Waals surface area contributed by atoms with Crippen LogP contribution in [0.1, 0.15) is 25.8 Å². The fraction of sp³-hybridized carbons (Fsp3) is 0.375. The lowest BCUT2D eigenvalue weighted by molar-refractivity contribution is 0.292. The first-order chi connectivity index (χ1) is 8.18. The molecule has 0 spiro atoms. The highest BCUT2D eigenvalue weighted by Gasteiger charge is 2.04. The zero-order chi connectivity index (χ0) is 12.3. The Morgan fingerprint density at radius 1 is 1.00 bits per heavy atom. The highest BCUT2D eigenvalue weighted by molar-refractivity contribution is 5.90. The fourth-order valence-electron chi connectivity index (χ4n) is 1.95. The quantitative estimate of drug-likeness (QED) is 0.744. The van der Waals surface area contributed by atoms with E-state index in [0.29, 0.717) is 5.92 Å². The van der Waals surface area contributed by atoms with Crippen molar-refractivity contribution in [2.24, 2.45) is 5.92 Å². The van der Waals surface area contributed by atoms with E-state index in [1.54, 1.807) is 0 Å². The summed E-state index contributed by atoms with van der Waals surface area (Å²) in [7, 11) is 0. The number of hydrogen-bond acceptors (Lipinski definition) is 1. The van der Waals surface area contributed by atoms with E-state index in [0.717, 1.165) is 18.8 Å². The molecule has 2 aromatic carbocycles. The van der Waals surface area contributed by atoms with Crippen LogP contribution in [0.2, 0.25) is 0 Å². The molecule has 0 amide bonds. The Labute approximate surface area is 103 Å². The first-order valence-electron chi connectivity index (χ1n) is 6.29. The molecule has 1 heteroatoms.